The van der Waals surface area contributed by atoms with E-state index in [0.717, 1.165) is 18.7 Å². The van der Waals surface area contributed by atoms with Gasteiger partial charge in [-0.3, -0.25) is 9.69 Å². The molecule has 0 radical (unpaired) electrons. The Morgan fingerprint density at radius 2 is 2.14 bits per heavy atom. The molecule has 1 atom stereocenters. The molecule has 2 aliphatic rings. The number of rotatable bonds is 4. The van der Waals surface area contributed by atoms with Crippen molar-refractivity contribution in [2.24, 2.45) is 0 Å². The first kappa shape index (κ1) is 14.7. The Balaban J connectivity index is 1.63. The molecular formula is C18H25NO2. The van der Waals surface area contributed by atoms with Gasteiger partial charge in [-0.2, -0.15) is 0 Å². The summed E-state index contributed by atoms with van der Waals surface area (Å²) >= 11 is 0. The fraction of sp³-hybridized carbons (Fsp3) is 0.611. The van der Waals surface area contributed by atoms with Crippen LogP contribution in [0.1, 0.15) is 37.0 Å². The Hall–Kier alpha value is -1.19. The summed E-state index contributed by atoms with van der Waals surface area (Å²) in [6.07, 6.45) is 3.86. The smallest absolute Gasteiger partial charge is 0.167 e. The van der Waals surface area contributed by atoms with Crippen molar-refractivity contribution in [3.8, 4) is 0 Å². The van der Waals surface area contributed by atoms with E-state index in [1.165, 1.54) is 30.4 Å². The monoisotopic (exact) mass is 287 g/mol. The van der Waals surface area contributed by atoms with E-state index >= 15 is 0 Å². The third kappa shape index (κ3) is 3.35. The summed E-state index contributed by atoms with van der Waals surface area (Å²) in [5, 5.41) is 0. The van der Waals surface area contributed by atoms with Crippen molar-refractivity contribution in [3.63, 3.8) is 0 Å². The van der Waals surface area contributed by atoms with E-state index in [1.54, 1.807) is 0 Å². The van der Waals surface area contributed by atoms with Crippen LogP contribution in [0.2, 0.25) is 0 Å². The number of hydrogen-bond donors (Lipinski definition) is 0. The van der Waals surface area contributed by atoms with Crippen molar-refractivity contribution in [2.45, 2.75) is 51.7 Å². The minimum Gasteiger partial charge on any atom is -0.368 e. The number of ketones is 1. The number of ether oxygens (including phenoxy) is 1. The summed E-state index contributed by atoms with van der Waals surface area (Å²) < 4.78 is 5.69. The largest absolute Gasteiger partial charge is 0.368 e. The predicted octanol–water partition coefficient (Wildman–Crippen LogP) is 2.40. The van der Waals surface area contributed by atoms with E-state index in [4.69, 9.17) is 4.74 Å². The van der Waals surface area contributed by atoms with Crippen molar-refractivity contribution in [2.75, 3.05) is 19.7 Å². The van der Waals surface area contributed by atoms with Crippen LogP contribution < -0.4 is 0 Å². The summed E-state index contributed by atoms with van der Waals surface area (Å²) in [5.74, 6) is 0.221. The zero-order chi connectivity index (χ0) is 14.8. The molecule has 1 fully saturated rings. The molecule has 0 aromatic heterocycles. The number of benzene rings is 1. The lowest BCUT2D eigenvalue weighted by molar-refractivity contribution is -0.136. The summed E-state index contributed by atoms with van der Waals surface area (Å²) in [5.41, 5.74) is 4.05. The molecule has 0 saturated carbocycles. The van der Waals surface area contributed by atoms with Crippen LogP contribution in [0.4, 0.5) is 0 Å². The zero-order valence-electron chi connectivity index (χ0n) is 13.1. The number of Topliss-reactive ketones (excluding diaryl/α,β-unsaturated/α-hetero) is 1. The van der Waals surface area contributed by atoms with Crippen LogP contribution >= 0.6 is 0 Å². The topological polar surface area (TPSA) is 29.5 Å². The number of aryl methyl sites for hydroxylation is 2. The van der Waals surface area contributed by atoms with Gasteiger partial charge in [0.25, 0.3) is 0 Å². The first-order chi connectivity index (χ1) is 10.1. The number of morpholine rings is 1. The van der Waals surface area contributed by atoms with E-state index in [2.05, 4.69) is 36.9 Å². The Bertz CT molecular complexity index is 524. The third-order valence-corrected chi connectivity index (χ3v) is 4.73. The fourth-order valence-corrected chi connectivity index (χ4v) is 3.38. The molecular weight excluding hydrogens is 262 g/mol. The molecule has 1 unspecified atom stereocenters. The van der Waals surface area contributed by atoms with Gasteiger partial charge in [0.2, 0.25) is 0 Å². The van der Waals surface area contributed by atoms with Gasteiger partial charge in [0.05, 0.1) is 6.61 Å². The Morgan fingerprint density at radius 3 is 2.95 bits per heavy atom. The molecule has 0 bridgehead atoms. The van der Waals surface area contributed by atoms with Gasteiger partial charge < -0.3 is 4.74 Å². The first-order valence-corrected chi connectivity index (χ1v) is 8.12. The molecule has 0 N–H and O–H groups in total. The van der Waals surface area contributed by atoms with Gasteiger partial charge >= 0.3 is 0 Å². The van der Waals surface area contributed by atoms with Gasteiger partial charge in [-0.15, -0.1) is 0 Å². The summed E-state index contributed by atoms with van der Waals surface area (Å²) in [6.45, 7) is 6.68. The number of fused-ring (bicyclic) bond motifs is 1. The third-order valence-electron chi connectivity index (χ3n) is 4.73. The first-order valence-electron chi connectivity index (χ1n) is 8.12. The van der Waals surface area contributed by atoms with E-state index in [-0.39, 0.29) is 11.9 Å². The molecule has 1 aromatic rings. The number of carbonyl (C=O) groups excluding carboxylic acids is 1. The van der Waals surface area contributed by atoms with E-state index in [1.807, 2.05) is 0 Å². The van der Waals surface area contributed by atoms with Crippen molar-refractivity contribution < 1.29 is 9.53 Å². The van der Waals surface area contributed by atoms with Crippen LogP contribution in [0.15, 0.2) is 18.2 Å². The lowest BCUT2D eigenvalue weighted by Crippen LogP contribution is -2.49. The van der Waals surface area contributed by atoms with E-state index in [0.29, 0.717) is 19.1 Å². The second kappa shape index (κ2) is 6.29. The quantitative estimate of drug-likeness (QED) is 0.851. The van der Waals surface area contributed by atoms with Crippen LogP contribution in [-0.4, -0.2) is 42.5 Å². The Kier molecular flexibility index (Phi) is 4.41. The molecule has 21 heavy (non-hydrogen) atoms. The lowest BCUT2D eigenvalue weighted by Gasteiger charge is -2.34. The summed E-state index contributed by atoms with van der Waals surface area (Å²) in [7, 11) is 0. The second-order valence-corrected chi connectivity index (χ2v) is 6.55. The van der Waals surface area contributed by atoms with Crippen molar-refractivity contribution in [1.82, 2.24) is 4.90 Å². The van der Waals surface area contributed by atoms with Crippen LogP contribution in [0.3, 0.4) is 0 Å². The molecule has 3 nitrogen and oxygen atoms in total. The van der Waals surface area contributed by atoms with Crippen LogP contribution in [0, 0.1) is 0 Å². The summed E-state index contributed by atoms with van der Waals surface area (Å²) in [4.78, 5) is 14.8. The Labute approximate surface area is 127 Å². The van der Waals surface area contributed by atoms with Crippen molar-refractivity contribution >= 4 is 5.78 Å². The van der Waals surface area contributed by atoms with Gasteiger partial charge in [-0.1, -0.05) is 18.2 Å². The molecule has 1 saturated heterocycles. The highest BCUT2D eigenvalue weighted by Crippen LogP contribution is 2.23. The van der Waals surface area contributed by atoms with Gasteiger partial charge in [0, 0.05) is 25.6 Å². The Morgan fingerprint density at radius 1 is 1.33 bits per heavy atom. The molecule has 1 heterocycles. The van der Waals surface area contributed by atoms with Gasteiger partial charge in [0.15, 0.2) is 5.78 Å². The minimum atomic E-state index is -0.255. The number of hydrogen-bond acceptors (Lipinski definition) is 3. The van der Waals surface area contributed by atoms with Crippen molar-refractivity contribution in [1.29, 1.82) is 0 Å². The highest BCUT2D eigenvalue weighted by molar-refractivity contribution is 5.85. The highest BCUT2D eigenvalue weighted by Gasteiger charge is 2.27. The molecule has 1 aliphatic heterocycles. The minimum absolute atomic E-state index is 0.221. The normalized spacial score (nSPS) is 22.5. The van der Waals surface area contributed by atoms with Gasteiger partial charge in [-0.25, -0.2) is 0 Å². The zero-order valence-corrected chi connectivity index (χ0v) is 13.1. The average molecular weight is 287 g/mol. The maximum absolute atomic E-state index is 12.5. The van der Waals surface area contributed by atoms with E-state index < -0.39 is 0 Å². The predicted molar refractivity (Wildman–Crippen MR) is 83.6 cm³/mol. The number of nitrogens with zero attached hydrogens (tertiary/aromatic N) is 1. The SMILES string of the molecule is CC(C)N1CCOC(C(=O)Cc2ccc3c(c2)CCC3)C1. The van der Waals surface area contributed by atoms with Crippen LogP contribution in [-0.2, 0) is 28.8 Å². The van der Waals surface area contributed by atoms with Gasteiger partial charge in [-0.05, 0) is 49.8 Å². The fourth-order valence-electron chi connectivity index (χ4n) is 3.38. The molecule has 3 heteroatoms. The second-order valence-electron chi connectivity index (χ2n) is 6.55. The lowest BCUT2D eigenvalue weighted by atomic mass is 10.00. The average Bonchev–Trinajstić information content (AvgIpc) is 2.95. The molecule has 3 rings (SSSR count). The number of carbonyl (C=O) groups is 1. The van der Waals surface area contributed by atoms with Crippen LogP contribution in [0.25, 0.3) is 0 Å². The maximum Gasteiger partial charge on any atom is 0.167 e. The van der Waals surface area contributed by atoms with E-state index in [9.17, 15) is 4.79 Å². The van der Waals surface area contributed by atoms with Gasteiger partial charge in [0.1, 0.15) is 6.10 Å². The molecule has 0 amide bonds. The summed E-state index contributed by atoms with van der Waals surface area (Å²) in [6, 6.07) is 7.02. The molecule has 1 aromatic carbocycles. The maximum atomic E-state index is 12.5. The standard InChI is InChI=1S/C18H25NO2/c1-13(2)19-8-9-21-18(12-19)17(20)11-14-6-7-15-4-3-5-16(15)10-14/h6-7,10,13,18H,3-5,8-9,11-12H2,1-2H3. The van der Waals surface area contributed by atoms with Crippen molar-refractivity contribution in [3.05, 3.63) is 34.9 Å². The highest BCUT2D eigenvalue weighted by atomic mass is 16.5. The molecule has 1 aliphatic carbocycles. The van der Waals surface area contributed by atoms with Crippen LogP contribution in [0.5, 0.6) is 0 Å². The molecule has 0 spiro atoms. The molecule has 114 valence electrons.